The lowest BCUT2D eigenvalue weighted by Crippen LogP contribution is -2.33. The zero-order chi connectivity index (χ0) is 16.5. The van der Waals surface area contributed by atoms with Crippen molar-refractivity contribution < 1.29 is 25.2 Å². The Morgan fingerprint density at radius 3 is 2.59 bits per heavy atom. The Hall–Kier alpha value is -1.17. The van der Waals surface area contributed by atoms with Crippen LogP contribution in [0.1, 0.15) is 44.9 Å². The summed E-state index contributed by atoms with van der Waals surface area (Å²) in [7, 11) is 0. The van der Waals surface area contributed by atoms with Crippen molar-refractivity contribution in [3.63, 3.8) is 0 Å². The molecule has 0 aromatic rings. The number of hydrogen-bond donors (Lipinski definition) is 4. The van der Waals surface area contributed by atoms with Crippen LogP contribution in [0.3, 0.4) is 0 Å². The van der Waals surface area contributed by atoms with E-state index in [0.717, 1.165) is 0 Å². The molecule has 0 saturated heterocycles. The Bertz CT molecular complexity index is 379. The van der Waals surface area contributed by atoms with Crippen LogP contribution in [0.2, 0.25) is 0 Å². The molecular formula is C17H28O5. The first-order valence-electron chi connectivity index (χ1n) is 7.99. The third-order valence-corrected chi connectivity index (χ3v) is 4.36. The second-order valence-corrected chi connectivity index (χ2v) is 6.04. The van der Waals surface area contributed by atoms with E-state index in [1.54, 1.807) is 6.08 Å². The lowest BCUT2D eigenvalue weighted by atomic mass is 9.84. The number of carboxylic acid groups (broad SMARTS) is 1. The molecule has 1 saturated carbocycles. The van der Waals surface area contributed by atoms with Gasteiger partial charge in [0.2, 0.25) is 0 Å². The molecule has 4 N–H and O–H groups in total. The highest BCUT2D eigenvalue weighted by molar-refractivity contribution is 5.66. The molecule has 0 aromatic heterocycles. The van der Waals surface area contributed by atoms with Crippen LogP contribution in [-0.4, -0.2) is 44.7 Å². The molecule has 5 atom stereocenters. The number of unbranched alkanes of at least 4 members (excludes halogenated alkanes) is 1. The number of carboxylic acids is 1. The van der Waals surface area contributed by atoms with Gasteiger partial charge in [-0.3, -0.25) is 4.79 Å². The topological polar surface area (TPSA) is 98.0 Å². The predicted octanol–water partition coefficient (Wildman–Crippen LogP) is 1.87. The summed E-state index contributed by atoms with van der Waals surface area (Å²) in [5, 5.41) is 38.9. The van der Waals surface area contributed by atoms with E-state index in [1.807, 2.05) is 12.2 Å². The zero-order valence-corrected chi connectivity index (χ0v) is 13.0. The van der Waals surface area contributed by atoms with E-state index in [1.165, 1.54) is 0 Å². The van der Waals surface area contributed by atoms with Crippen molar-refractivity contribution in [1.29, 1.82) is 0 Å². The maximum Gasteiger partial charge on any atom is 0.303 e. The summed E-state index contributed by atoms with van der Waals surface area (Å²) in [6, 6.07) is 0. The fraction of sp³-hybridized carbons (Fsp3) is 0.706. The minimum atomic E-state index is -0.798. The Morgan fingerprint density at radius 1 is 1.23 bits per heavy atom. The molecule has 5 heteroatoms. The monoisotopic (exact) mass is 312 g/mol. The van der Waals surface area contributed by atoms with Gasteiger partial charge in [0.15, 0.2) is 0 Å². The fourth-order valence-corrected chi connectivity index (χ4v) is 3.20. The van der Waals surface area contributed by atoms with Crippen molar-refractivity contribution >= 4 is 5.97 Å². The molecule has 0 aliphatic heterocycles. The van der Waals surface area contributed by atoms with Crippen LogP contribution < -0.4 is 0 Å². The van der Waals surface area contributed by atoms with E-state index in [0.29, 0.717) is 38.5 Å². The number of allylic oxidation sites excluding steroid dienone is 3. The second kappa shape index (κ2) is 9.77. The highest BCUT2D eigenvalue weighted by Gasteiger charge is 2.44. The van der Waals surface area contributed by atoms with E-state index in [9.17, 15) is 20.1 Å². The number of hydrogen-bond acceptors (Lipinski definition) is 4. The summed E-state index contributed by atoms with van der Waals surface area (Å²) >= 11 is 0. The Labute approximate surface area is 132 Å². The smallest absolute Gasteiger partial charge is 0.303 e. The van der Waals surface area contributed by atoms with Gasteiger partial charge in [0.1, 0.15) is 0 Å². The largest absolute Gasteiger partial charge is 0.481 e. The highest BCUT2D eigenvalue weighted by Crippen LogP contribution is 2.38. The number of rotatable bonds is 10. The molecule has 3 unspecified atom stereocenters. The summed E-state index contributed by atoms with van der Waals surface area (Å²) in [5.41, 5.74) is 0. The van der Waals surface area contributed by atoms with Gasteiger partial charge in [-0.1, -0.05) is 18.2 Å². The molecule has 22 heavy (non-hydrogen) atoms. The van der Waals surface area contributed by atoms with Gasteiger partial charge in [-0.25, -0.2) is 0 Å². The lowest BCUT2D eigenvalue weighted by molar-refractivity contribution is -0.137. The van der Waals surface area contributed by atoms with Crippen molar-refractivity contribution in [2.75, 3.05) is 0 Å². The summed E-state index contributed by atoms with van der Waals surface area (Å²) < 4.78 is 0. The Balaban J connectivity index is 2.48. The maximum absolute atomic E-state index is 10.4. The van der Waals surface area contributed by atoms with Gasteiger partial charge in [-0.15, -0.1) is 6.58 Å². The number of carbonyl (C=O) groups is 1. The van der Waals surface area contributed by atoms with Crippen LogP contribution in [0, 0.1) is 11.8 Å². The van der Waals surface area contributed by atoms with Crippen LogP contribution in [0.5, 0.6) is 0 Å². The molecular weight excluding hydrogens is 284 g/mol. The Kier molecular flexibility index (Phi) is 8.38. The first kappa shape index (κ1) is 18.9. The molecule has 0 spiro atoms. The number of aliphatic hydroxyl groups excluding tert-OH is 3. The van der Waals surface area contributed by atoms with E-state index in [4.69, 9.17) is 5.11 Å². The number of aliphatic hydroxyl groups is 3. The molecule has 0 amide bonds. The normalized spacial score (nSPS) is 29.8. The molecule has 126 valence electrons. The molecule has 0 heterocycles. The van der Waals surface area contributed by atoms with E-state index >= 15 is 0 Å². The molecule has 5 nitrogen and oxygen atoms in total. The van der Waals surface area contributed by atoms with Gasteiger partial charge in [0, 0.05) is 12.3 Å². The van der Waals surface area contributed by atoms with Gasteiger partial charge >= 0.3 is 5.97 Å². The van der Waals surface area contributed by atoms with Gasteiger partial charge in [-0.05, 0) is 44.4 Å². The van der Waals surface area contributed by atoms with Crippen LogP contribution in [0.25, 0.3) is 0 Å². The second-order valence-electron chi connectivity index (χ2n) is 6.04. The number of aliphatic carboxylic acids is 1. The van der Waals surface area contributed by atoms with Gasteiger partial charge in [0.05, 0.1) is 18.3 Å². The Morgan fingerprint density at radius 2 is 1.95 bits per heavy atom. The molecule has 1 aliphatic rings. The molecule has 1 aliphatic carbocycles. The minimum Gasteiger partial charge on any atom is -0.481 e. The first-order chi connectivity index (χ1) is 10.5. The average Bonchev–Trinajstić information content (AvgIpc) is 2.74. The summed E-state index contributed by atoms with van der Waals surface area (Å²) in [5.74, 6) is -1.28. The van der Waals surface area contributed by atoms with Gasteiger partial charge in [0.25, 0.3) is 0 Å². The maximum atomic E-state index is 10.4. The van der Waals surface area contributed by atoms with Crippen LogP contribution >= 0.6 is 0 Å². The fourth-order valence-electron chi connectivity index (χ4n) is 3.20. The third kappa shape index (κ3) is 5.91. The summed E-state index contributed by atoms with van der Waals surface area (Å²) in [6.07, 6.45) is 7.15. The molecule has 0 bridgehead atoms. The van der Waals surface area contributed by atoms with Gasteiger partial charge < -0.3 is 20.4 Å². The summed E-state index contributed by atoms with van der Waals surface area (Å²) in [4.78, 5) is 10.4. The van der Waals surface area contributed by atoms with Crippen molar-refractivity contribution in [3.8, 4) is 0 Å². The predicted molar refractivity (Wildman–Crippen MR) is 84.3 cm³/mol. The first-order valence-corrected chi connectivity index (χ1v) is 7.99. The quantitative estimate of drug-likeness (QED) is 0.365. The third-order valence-electron chi connectivity index (χ3n) is 4.36. The average molecular weight is 312 g/mol. The molecule has 0 aromatic carbocycles. The van der Waals surface area contributed by atoms with Crippen LogP contribution in [0.4, 0.5) is 0 Å². The van der Waals surface area contributed by atoms with Crippen LogP contribution in [-0.2, 0) is 4.79 Å². The lowest BCUT2D eigenvalue weighted by Gasteiger charge is -2.27. The molecule has 1 fully saturated rings. The molecule has 0 radical (unpaired) electrons. The highest BCUT2D eigenvalue weighted by atomic mass is 16.4. The SMILES string of the molecule is C=CCCC(O)C1C(C/C=C\CCCC(=O)O)[C@@H](O)C[C@H]1O. The van der Waals surface area contributed by atoms with E-state index in [-0.39, 0.29) is 18.3 Å². The van der Waals surface area contributed by atoms with Crippen molar-refractivity contribution in [3.05, 3.63) is 24.8 Å². The zero-order valence-electron chi connectivity index (χ0n) is 13.0. The van der Waals surface area contributed by atoms with Crippen LogP contribution in [0.15, 0.2) is 24.8 Å². The summed E-state index contributed by atoms with van der Waals surface area (Å²) in [6.45, 7) is 3.63. The molecule has 1 rings (SSSR count). The van der Waals surface area contributed by atoms with Crippen molar-refractivity contribution in [2.45, 2.75) is 63.3 Å². The van der Waals surface area contributed by atoms with Crippen molar-refractivity contribution in [2.24, 2.45) is 11.8 Å². The van der Waals surface area contributed by atoms with Gasteiger partial charge in [-0.2, -0.15) is 0 Å². The van der Waals surface area contributed by atoms with Crippen molar-refractivity contribution in [1.82, 2.24) is 0 Å². The van der Waals surface area contributed by atoms with E-state index in [2.05, 4.69) is 6.58 Å². The minimum absolute atomic E-state index is 0.151. The standard InChI is InChI=1S/C17H28O5/c1-2-3-9-13(18)17-12(14(19)11-15(17)20)8-6-4-5-7-10-16(21)22/h2,4,6,12-15,17-20H,1,3,5,7-11H2,(H,21,22)/b6-4-/t12?,13?,14-,15+,17?/m0/s1. The van der Waals surface area contributed by atoms with E-state index < -0.39 is 24.3 Å².